The van der Waals surface area contributed by atoms with Gasteiger partial charge < -0.3 is 10.1 Å². The van der Waals surface area contributed by atoms with Crippen molar-refractivity contribution in [3.63, 3.8) is 0 Å². The predicted octanol–water partition coefficient (Wildman–Crippen LogP) is 2.91. The minimum absolute atomic E-state index is 0.265. The molecule has 0 saturated carbocycles. The molecule has 0 fully saturated rings. The molecule has 84 valence electrons. The molecule has 0 bridgehead atoms. The molecule has 1 N–H and O–H groups in total. The van der Waals surface area contributed by atoms with Crippen LogP contribution in [-0.4, -0.2) is 20.3 Å². The van der Waals surface area contributed by atoms with Gasteiger partial charge >= 0.3 is 0 Å². The number of rotatable bonds is 6. The first-order valence-electron chi connectivity index (χ1n) is 4.87. The number of methoxy groups -OCH3 is 1. The van der Waals surface area contributed by atoms with E-state index in [1.54, 1.807) is 7.11 Å². The number of hydrogen-bond acceptors (Lipinski definition) is 2. The Kier molecular flexibility index (Phi) is 5.65. The van der Waals surface area contributed by atoms with E-state index in [0.29, 0.717) is 13.0 Å². The van der Waals surface area contributed by atoms with Crippen LogP contribution in [0.15, 0.2) is 22.7 Å². The molecule has 2 nitrogen and oxygen atoms in total. The lowest BCUT2D eigenvalue weighted by Gasteiger charge is -2.07. The molecule has 1 aromatic carbocycles. The van der Waals surface area contributed by atoms with E-state index in [1.807, 2.05) is 18.2 Å². The molecule has 0 aliphatic heterocycles. The highest BCUT2D eigenvalue weighted by Gasteiger charge is 2.00. The predicted molar refractivity (Wildman–Crippen MR) is 63.0 cm³/mol. The van der Waals surface area contributed by atoms with Crippen molar-refractivity contribution in [2.75, 3.05) is 20.3 Å². The molecule has 0 heterocycles. The third-order valence-electron chi connectivity index (χ3n) is 2.03. The van der Waals surface area contributed by atoms with E-state index < -0.39 is 0 Å². The highest BCUT2D eigenvalue weighted by Crippen LogP contribution is 2.25. The van der Waals surface area contributed by atoms with Crippen molar-refractivity contribution in [2.45, 2.75) is 13.0 Å². The fourth-order valence-electron chi connectivity index (χ4n) is 1.24. The van der Waals surface area contributed by atoms with E-state index in [2.05, 4.69) is 21.2 Å². The molecule has 0 aliphatic carbocycles. The second-order valence-corrected chi connectivity index (χ2v) is 4.04. The normalized spacial score (nSPS) is 10.3. The van der Waals surface area contributed by atoms with Gasteiger partial charge in [0.2, 0.25) is 0 Å². The summed E-state index contributed by atoms with van der Waals surface area (Å²) < 4.78 is 17.9. The summed E-state index contributed by atoms with van der Waals surface area (Å²) in [7, 11) is 1.64. The lowest BCUT2D eigenvalue weighted by atomic mass is 10.2. The van der Waals surface area contributed by atoms with Crippen LogP contribution >= 0.6 is 15.9 Å². The molecule has 0 atom stereocenters. The van der Waals surface area contributed by atoms with E-state index in [9.17, 15) is 4.39 Å². The van der Waals surface area contributed by atoms with E-state index in [1.165, 1.54) is 0 Å². The van der Waals surface area contributed by atoms with E-state index in [0.717, 1.165) is 22.3 Å². The summed E-state index contributed by atoms with van der Waals surface area (Å²) in [5, 5.41) is 3.17. The van der Waals surface area contributed by atoms with Crippen LogP contribution < -0.4 is 10.1 Å². The minimum atomic E-state index is -0.265. The van der Waals surface area contributed by atoms with Crippen molar-refractivity contribution in [1.82, 2.24) is 5.32 Å². The van der Waals surface area contributed by atoms with Crippen LogP contribution in [0.25, 0.3) is 0 Å². The molecular weight excluding hydrogens is 261 g/mol. The summed E-state index contributed by atoms with van der Waals surface area (Å²) in [6, 6.07) is 5.91. The van der Waals surface area contributed by atoms with Crippen LogP contribution in [0.5, 0.6) is 5.75 Å². The van der Waals surface area contributed by atoms with Gasteiger partial charge in [0.1, 0.15) is 5.75 Å². The molecule has 0 saturated heterocycles. The molecule has 0 amide bonds. The number of halogens is 2. The van der Waals surface area contributed by atoms with Gasteiger partial charge in [0.15, 0.2) is 0 Å². The molecule has 0 radical (unpaired) electrons. The van der Waals surface area contributed by atoms with E-state index >= 15 is 0 Å². The smallest absolute Gasteiger partial charge is 0.133 e. The number of nitrogens with one attached hydrogen (secondary N) is 1. The van der Waals surface area contributed by atoms with Crippen LogP contribution in [0.3, 0.4) is 0 Å². The van der Waals surface area contributed by atoms with Gasteiger partial charge in [0.05, 0.1) is 18.3 Å². The lowest BCUT2D eigenvalue weighted by molar-refractivity contribution is 0.412. The van der Waals surface area contributed by atoms with Gasteiger partial charge in [-0.05, 0) is 46.6 Å². The highest BCUT2D eigenvalue weighted by atomic mass is 79.9. The number of ether oxygens (including phenoxy) is 1. The van der Waals surface area contributed by atoms with Gasteiger partial charge in [-0.15, -0.1) is 0 Å². The summed E-state index contributed by atoms with van der Waals surface area (Å²) in [4.78, 5) is 0. The number of benzene rings is 1. The Morgan fingerprint density at radius 3 is 2.87 bits per heavy atom. The first kappa shape index (κ1) is 12.5. The second-order valence-electron chi connectivity index (χ2n) is 3.19. The highest BCUT2D eigenvalue weighted by molar-refractivity contribution is 9.10. The average Bonchev–Trinajstić information content (AvgIpc) is 2.25. The average molecular weight is 276 g/mol. The molecule has 15 heavy (non-hydrogen) atoms. The fourth-order valence-corrected chi connectivity index (χ4v) is 1.83. The van der Waals surface area contributed by atoms with Gasteiger partial charge in [0, 0.05) is 6.54 Å². The van der Waals surface area contributed by atoms with Gasteiger partial charge in [-0.25, -0.2) is 0 Å². The Morgan fingerprint density at radius 2 is 2.27 bits per heavy atom. The van der Waals surface area contributed by atoms with Crippen LogP contribution in [0, 0.1) is 0 Å². The molecule has 4 heteroatoms. The third kappa shape index (κ3) is 4.18. The summed E-state index contributed by atoms with van der Waals surface area (Å²) >= 11 is 3.42. The molecule has 1 rings (SSSR count). The molecule has 1 aromatic rings. The maximum atomic E-state index is 11.8. The third-order valence-corrected chi connectivity index (χ3v) is 2.65. The van der Waals surface area contributed by atoms with Crippen molar-refractivity contribution in [3.8, 4) is 5.75 Å². The largest absolute Gasteiger partial charge is 0.496 e. The first-order valence-corrected chi connectivity index (χ1v) is 5.66. The van der Waals surface area contributed by atoms with Crippen LogP contribution in [0.1, 0.15) is 12.0 Å². The Bertz CT molecular complexity index is 307. The maximum Gasteiger partial charge on any atom is 0.133 e. The Labute approximate surface area is 98.0 Å². The minimum Gasteiger partial charge on any atom is -0.496 e. The topological polar surface area (TPSA) is 21.3 Å². The Balaban J connectivity index is 2.45. The van der Waals surface area contributed by atoms with E-state index in [4.69, 9.17) is 4.74 Å². The van der Waals surface area contributed by atoms with Gasteiger partial charge in [-0.1, -0.05) is 6.07 Å². The molecule has 0 aliphatic rings. The first-order chi connectivity index (χ1) is 7.27. The van der Waals surface area contributed by atoms with Crippen LogP contribution in [-0.2, 0) is 6.54 Å². The molecular formula is C11H15BrFNO. The zero-order valence-electron chi connectivity index (χ0n) is 8.72. The quantitative estimate of drug-likeness (QED) is 0.807. The Hall–Kier alpha value is -0.610. The van der Waals surface area contributed by atoms with Gasteiger partial charge in [0.25, 0.3) is 0 Å². The van der Waals surface area contributed by atoms with Crippen LogP contribution in [0.4, 0.5) is 4.39 Å². The molecule has 0 aromatic heterocycles. The van der Waals surface area contributed by atoms with Crippen molar-refractivity contribution in [1.29, 1.82) is 0 Å². The Morgan fingerprint density at radius 1 is 1.47 bits per heavy atom. The SMILES string of the molecule is COc1ccc(CNCCCF)cc1Br. The fraction of sp³-hybridized carbons (Fsp3) is 0.455. The zero-order valence-corrected chi connectivity index (χ0v) is 10.3. The summed E-state index contributed by atoms with van der Waals surface area (Å²) in [5.74, 6) is 0.822. The number of alkyl halides is 1. The van der Waals surface area contributed by atoms with Gasteiger partial charge in [-0.2, -0.15) is 0 Å². The summed E-state index contributed by atoms with van der Waals surface area (Å²) in [5.41, 5.74) is 1.15. The summed E-state index contributed by atoms with van der Waals surface area (Å²) in [6.45, 7) is 1.20. The second kappa shape index (κ2) is 6.80. The maximum absolute atomic E-state index is 11.8. The summed E-state index contributed by atoms with van der Waals surface area (Å²) in [6.07, 6.45) is 0.567. The van der Waals surface area contributed by atoms with Gasteiger partial charge in [-0.3, -0.25) is 4.39 Å². The van der Waals surface area contributed by atoms with Crippen molar-refractivity contribution < 1.29 is 9.13 Å². The van der Waals surface area contributed by atoms with Crippen LogP contribution in [0.2, 0.25) is 0 Å². The van der Waals surface area contributed by atoms with Crippen molar-refractivity contribution >= 4 is 15.9 Å². The molecule has 0 spiro atoms. The standard InChI is InChI=1S/C11H15BrFNO/c1-15-11-4-3-9(7-10(11)12)8-14-6-2-5-13/h3-4,7,14H,2,5-6,8H2,1H3. The van der Waals surface area contributed by atoms with Crippen molar-refractivity contribution in [2.24, 2.45) is 0 Å². The lowest BCUT2D eigenvalue weighted by Crippen LogP contribution is -2.15. The van der Waals surface area contributed by atoms with Crippen molar-refractivity contribution in [3.05, 3.63) is 28.2 Å². The zero-order chi connectivity index (χ0) is 11.1. The molecule has 0 unspecified atom stereocenters. The van der Waals surface area contributed by atoms with E-state index in [-0.39, 0.29) is 6.67 Å². The monoisotopic (exact) mass is 275 g/mol. The number of hydrogen-bond donors (Lipinski definition) is 1.